The van der Waals surface area contributed by atoms with E-state index < -0.39 is 0 Å². The van der Waals surface area contributed by atoms with Gasteiger partial charge in [-0.05, 0) is 49.3 Å². The minimum absolute atomic E-state index is 0.0214. The molecule has 0 saturated carbocycles. The van der Waals surface area contributed by atoms with Gasteiger partial charge in [-0.25, -0.2) is 0 Å². The van der Waals surface area contributed by atoms with E-state index >= 15 is 0 Å². The van der Waals surface area contributed by atoms with E-state index in [0.29, 0.717) is 12.7 Å². The standard InChI is InChI=1S/C22H31NO3/c1-18(2)16-23-22(24)12-10-8-6-4-3-5-7-9-11-19-13-14-20-21(15-19)26-17-25-20/h6,8,10,12-15,18H,3-5,7,9,11,16-17H2,1-2H3,(H,23,24). The molecule has 1 aromatic rings. The molecular weight excluding hydrogens is 326 g/mol. The fourth-order valence-corrected chi connectivity index (χ4v) is 2.72. The summed E-state index contributed by atoms with van der Waals surface area (Å²) < 4.78 is 10.7. The topological polar surface area (TPSA) is 47.6 Å². The summed E-state index contributed by atoms with van der Waals surface area (Å²) >= 11 is 0. The van der Waals surface area contributed by atoms with Crippen LogP contribution in [0.3, 0.4) is 0 Å². The molecule has 0 bridgehead atoms. The number of unbranched alkanes of at least 4 members (excludes halogenated alkanes) is 4. The molecule has 0 spiro atoms. The second-order valence-electron chi connectivity index (χ2n) is 7.07. The number of carbonyl (C=O) groups is 1. The number of fused-ring (bicyclic) bond motifs is 1. The Balaban J connectivity index is 1.48. The van der Waals surface area contributed by atoms with Crippen LogP contribution in [-0.4, -0.2) is 19.2 Å². The van der Waals surface area contributed by atoms with E-state index in [1.165, 1.54) is 31.2 Å². The summed E-state index contributed by atoms with van der Waals surface area (Å²) in [7, 11) is 0. The van der Waals surface area contributed by atoms with Crippen LogP contribution >= 0.6 is 0 Å². The molecule has 0 fully saturated rings. The van der Waals surface area contributed by atoms with Gasteiger partial charge in [0.05, 0.1) is 0 Å². The summed E-state index contributed by atoms with van der Waals surface area (Å²) in [6, 6.07) is 6.22. The lowest BCUT2D eigenvalue weighted by Gasteiger charge is -2.03. The average Bonchev–Trinajstić information content (AvgIpc) is 3.09. The zero-order valence-corrected chi connectivity index (χ0v) is 16.0. The minimum Gasteiger partial charge on any atom is -0.454 e. The highest BCUT2D eigenvalue weighted by atomic mass is 16.7. The van der Waals surface area contributed by atoms with Gasteiger partial charge in [0.25, 0.3) is 0 Å². The molecule has 1 aliphatic rings. The van der Waals surface area contributed by atoms with Crippen molar-refractivity contribution in [1.82, 2.24) is 5.32 Å². The Morgan fingerprint density at radius 1 is 1.12 bits per heavy atom. The molecular formula is C22H31NO3. The Morgan fingerprint density at radius 3 is 2.77 bits per heavy atom. The quantitative estimate of drug-likeness (QED) is 0.352. The zero-order valence-electron chi connectivity index (χ0n) is 16.0. The number of ether oxygens (including phenoxy) is 2. The highest BCUT2D eigenvalue weighted by molar-refractivity contribution is 5.87. The van der Waals surface area contributed by atoms with Crippen molar-refractivity contribution >= 4 is 5.91 Å². The van der Waals surface area contributed by atoms with Gasteiger partial charge < -0.3 is 14.8 Å². The average molecular weight is 357 g/mol. The van der Waals surface area contributed by atoms with Gasteiger partial charge in [-0.15, -0.1) is 0 Å². The Morgan fingerprint density at radius 2 is 1.92 bits per heavy atom. The number of benzene rings is 1. The zero-order chi connectivity index (χ0) is 18.6. The normalized spacial score (nSPS) is 13.2. The van der Waals surface area contributed by atoms with Crippen LogP contribution in [0.5, 0.6) is 11.5 Å². The van der Waals surface area contributed by atoms with Gasteiger partial charge in [0.2, 0.25) is 12.7 Å². The van der Waals surface area contributed by atoms with Gasteiger partial charge in [-0.1, -0.05) is 51.0 Å². The van der Waals surface area contributed by atoms with Crippen molar-refractivity contribution in [1.29, 1.82) is 0 Å². The van der Waals surface area contributed by atoms with E-state index in [2.05, 4.69) is 37.4 Å². The molecule has 26 heavy (non-hydrogen) atoms. The van der Waals surface area contributed by atoms with Gasteiger partial charge >= 0.3 is 0 Å². The number of carbonyl (C=O) groups excluding carboxylic acids is 1. The maximum absolute atomic E-state index is 11.5. The third-order valence-corrected chi connectivity index (χ3v) is 4.20. The summed E-state index contributed by atoms with van der Waals surface area (Å²) in [6.45, 7) is 5.22. The van der Waals surface area contributed by atoms with E-state index in [-0.39, 0.29) is 5.91 Å². The largest absolute Gasteiger partial charge is 0.454 e. The monoisotopic (exact) mass is 357 g/mol. The van der Waals surface area contributed by atoms with Gasteiger partial charge in [-0.2, -0.15) is 0 Å². The summed E-state index contributed by atoms with van der Waals surface area (Å²) in [4.78, 5) is 11.5. The molecule has 1 aromatic carbocycles. The van der Waals surface area contributed by atoms with Gasteiger partial charge in [-0.3, -0.25) is 4.79 Å². The molecule has 0 radical (unpaired) electrons. The minimum atomic E-state index is -0.0214. The highest BCUT2D eigenvalue weighted by Crippen LogP contribution is 2.32. The molecule has 0 saturated heterocycles. The molecule has 0 atom stereocenters. The number of aryl methyl sites for hydroxylation is 1. The predicted octanol–water partition coefficient (Wildman–Crippen LogP) is 4.79. The van der Waals surface area contributed by atoms with Gasteiger partial charge in [0, 0.05) is 12.6 Å². The van der Waals surface area contributed by atoms with Crippen molar-refractivity contribution in [3.05, 3.63) is 48.1 Å². The van der Waals surface area contributed by atoms with E-state index in [1.807, 2.05) is 18.2 Å². The molecule has 1 heterocycles. The molecule has 0 unspecified atom stereocenters. The summed E-state index contributed by atoms with van der Waals surface area (Å²) in [5.74, 6) is 2.19. The van der Waals surface area contributed by atoms with Crippen LogP contribution in [0.15, 0.2) is 42.5 Å². The van der Waals surface area contributed by atoms with Crippen molar-refractivity contribution in [2.75, 3.05) is 13.3 Å². The predicted molar refractivity (Wildman–Crippen MR) is 105 cm³/mol. The Hall–Kier alpha value is -2.23. The maximum atomic E-state index is 11.5. The van der Waals surface area contributed by atoms with Crippen molar-refractivity contribution in [3.8, 4) is 11.5 Å². The second kappa shape index (κ2) is 11.4. The molecule has 1 N–H and O–H groups in total. The SMILES string of the molecule is CC(C)CNC(=O)C=CC=CCCCCCCc1ccc2c(c1)OCO2. The van der Waals surface area contributed by atoms with E-state index in [4.69, 9.17) is 9.47 Å². The maximum Gasteiger partial charge on any atom is 0.243 e. The molecule has 4 heteroatoms. The second-order valence-corrected chi connectivity index (χ2v) is 7.07. The molecule has 1 amide bonds. The Kier molecular flexibility index (Phi) is 8.81. The van der Waals surface area contributed by atoms with Crippen LogP contribution in [0.2, 0.25) is 0 Å². The lowest BCUT2D eigenvalue weighted by atomic mass is 10.0. The van der Waals surface area contributed by atoms with Crippen molar-refractivity contribution in [2.24, 2.45) is 5.92 Å². The van der Waals surface area contributed by atoms with Crippen molar-refractivity contribution in [3.63, 3.8) is 0 Å². The van der Waals surface area contributed by atoms with Crippen LogP contribution in [0.4, 0.5) is 0 Å². The van der Waals surface area contributed by atoms with Gasteiger partial charge in [0.1, 0.15) is 0 Å². The first-order valence-corrected chi connectivity index (χ1v) is 9.64. The van der Waals surface area contributed by atoms with Crippen molar-refractivity contribution < 1.29 is 14.3 Å². The lowest BCUT2D eigenvalue weighted by Crippen LogP contribution is -2.25. The van der Waals surface area contributed by atoms with Gasteiger partial charge in [0.15, 0.2) is 11.5 Å². The molecule has 2 rings (SSSR count). The Bertz CT molecular complexity index is 620. The van der Waals surface area contributed by atoms with Crippen LogP contribution in [0, 0.1) is 5.92 Å². The Labute approximate surface area is 157 Å². The number of allylic oxidation sites excluding steroid dienone is 3. The fourth-order valence-electron chi connectivity index (χ4n) is 2.72. The van der Waals surface area contributed by atoms with E-state index in [0.717, 1.165) is 30.9 Å². The van der Waals surface area contributed by atoms with Crippen LogP contribution in [0.25, 0.3) is 0 Å². The van der Waals surface area contributed by atoms with Crippen LogP contribution in [-0.2, 0) is 11.2 Å². The molecule has 0 aromatic heterocycles. The molecule has 4 nitrogen and oxygen atoms in total. The summed E-state index contributed by atoms with van der Waals surface area (Å²) in [5, 5.41) is 2.86. The third-order valence-electron chi connectivity index (χ3n) is 4.20. The smallest absolute Gasteiger partial charge is 0.243 e. The number of nitrogens with one attached hydrogen (secondary N) is 1. The lowest BCUT2D eigenvalue weighted by molar-refractivity contribution is -0.116. The number of amides is 1. The van der Waals surface area contributed by atoms with E-state index in [1.54, 1.807) is 6.08 Å². The van der Waals surface area contributed by atoms with Crippen LogP contribution in [0.1, 0.15) is 51.5 Å². The highest BCUT2D eigenvalue weighted by Gasteiger charge is 2.12. The van der Waals surface area contributed by atoms with E-state index in [9.17, 15) is 4.79 Å². The molecule has 142 valence electrons. The first-order chi connectivity index (χ1) is 12.6. The first-order valence-electron chi connectivity index (χ1n) is 9.64. The fraction of sp³-hybridized carbons (Fsp3) is 0.500. The first kappa shape index (κ1) is 20.1. The molecule has 1 aliphatic heterocycles. The van der Waals surface area contributed by atoms with Crippen LogP contribution < -0.4 is 14.8 Å². The summed E-state index contributed by atoms with van der Waals surface area (Å²) in [6.07, 6.45) is 14.5. The molecule has 0 aliphatic carbocycles. The number of hydrogen-bond donors (Lipinski definition) is 1. The summed E-state index contributed by atoms with van der Waals surface area (Å²) in [5.41, 5.74) is 1.31. The number of rotatable bonds is 11. The number of hydrogen-bond acceptors (Lipinski definition) is 3. The third kappa shape index (κ3) is 7.77. The van der Waals surface area contributed by atoms with Crippen molar-refractivity contribution in [2.45, 2.75) is 52.4 Å².